The highest BCUT2D eigenvalue weighted by atomic mass is 16.3. The van der Waals surface area contributed by atoms with Gasteiger partial charge in [0.05, 0.1) is 5.69 Å². The standard InChI is InChI=1S/C28H21N5O3/c1-3-13-29-20-12-11-19-25-17(20)7-6-8-18(25)27(35)32(28(19)36)23-14-16(2)15-24(26(23)34)33-30-21-9-4-5-10-22(21)31-33/h3-12,14-15,29,34H,1,13H2,2H3. The number of amides is 2. The smallest absolute Gasteiger partial charge is 0.266 e. The lowest BCUT2D eigenvalue weighted by molar-refractivity contribution is 0.0892. The molecule has 0 unspecified atom stereocenters. The molecule has 1 aromatic heterocycles. The van der Waals surface area contributed by atoms with Gasteiger partial charge in [0.25, 0.3) is 11.8 Å². The van der Waals surface area contributed by atoms with Crippen LogP contribution in [0.4, 0.5) is 11.4 Å². The van der Waals surface area contributed by atoms with Crippen molar-refractivity contribution in [3.63, 3.8) is 0 Å². The van der Waals surface area contributed by atoms with Crippen LogP contribution in [0.15, 0.2) is 79.4 Å². The highest BCUT2D eigenvalue weighted by Gasteiger charge is 2.36. The average Bonchev–Trinajstić information content (AvgIpc) is 3.32. The molecule has 2 heterocycles. The molecule has 6 rings (SSSR count). The molecule has 0 fully saturated rings. The monoisotopic (exact) mass is 475 g/mol. The number of benzene rings is 4. The van der Waals surface area contributed by atoms with E-state index in [0.717, 1.165) is 21.5 Å². The van der Waals surface area contributed by atoms with Gasteiger partial charge < -0.3 is 10.4 Å². The minimum Gasteiger partial charge on any atom is -0.504 e. The summed E-state index contributed by atoms with van der Waals surface area (Å²) in [5.74, 6) is -1.28. The van der Waals surface area contributed by atoms with Gasteiger partial charge in [-0.05, 0) is 55.0 Å². The number of rotatable bonds is 5. The number of phenols is 1. The molecular formula is C28H21N5O3. The van der Waals surface area contributed by atoms with Crippen LogP contribution >= 0.6 is 0 Å². The van der Waals surface area contributed by atoms with Crippen molar-refractivity contribution in [1.29, 1.82) is 0 Å². The first kappa shape index (κ1) is 21.5. The molecule has 8 nitrogen and oxygen atoms in total. The molecule has 0 saturated heterocycles. The summed E-state index contributed by atoms with van der Waals surface area (Å²) >= 11 is 0. The van der Waals surface area contributed by atoms with Gasteiger partial charge in [-0.2, -0.15) is 0 Å². The first-order valence-electron chi connectivity index (χ1n) is 11.4. The van der Waals surface area contributed by atoms with Gasteiger partial charge in [-0.25, -0.2) is 4.90 Å². The molecule has 4 aromatic carbocycles. The minimum absolute atomic E-state index is 0.0814. The van der Waals surface area contributed by atoms with Gasteiger partial charge in [-0.1, -0.05) is 30.3 Å². The molecule has 1 aliphatic heterocycles. The van der Waals surface area contributed by atoms with Gasteiger partial charge in [0.2, 0.25) is 0 Å². The Morgan fingerprint density at radius 2 is 1.58 bits per heavy atom. The molecule has 8 heteroatoms. The number of aromatic nitrogens is 3. The van der Waals surface area contributed by atoms with Crippen molar-refractivity contribution in [3.8, 4) is 11.4 Å². The SMILES string of the molecule is C=CCNc1ccc2c3c(cccc13)C(=O)N(c1cc(C)cc(-n3nc4ccccc4n3)c1O)C2=O. The molecule has 0 radical (unpaired) electrons. The first-order chi connectivity index (χ1) is 17.5. The number of anilines is 2. The van der Waals surface area contributed by atoms with Crippen molar-refractivity contribution in [2.24, 2.45) is 0 Å². The Bertz CT molecular complexity index is 1680. The second-order valence-electron chi connectivity index (χ2n) is 8.63. The van der Waals surface area contributed by atoms with Crippen LogP contribution in [-0.4, -0.2) is 38.5 Å². The summed E-state index contributed by atoms with van der Waals surface area (Å²) in [6, 6.07) is 19.5. The minimum atomic E-state index is -0.510. The Labute approximate surface area is 206 Å². The van der Waals surface area contributed by atoms with Crippen LogP contribution in [0.1, 0.15) is 26.3 Å². The third-order valence-electron chi connectivity index (χ3n) is 6.30. The van der Waals surface area contributed by atoms with E-state index in [-0.39, 0.29) is 17.1 Å². The van der Waals surface area contributed by atoms with E-state index in [4.69, 9.17) is 0 Å². The van der Waals surface area contributed by atoms with Gasteiger partial charge in [-0.3, -0.25) is 9.59 Å². The molecule has 0 spiro atoms. The van der Waals surface area contributed by atoms with Gasteiger partial charge in [0.15, 0.2) is 5.75 Å². The van der Waals surface area contributed by atoms with E-state index in [1.807, 2.05) is 43.3 Å². The van der Waals surface area contributed by atoms with E-state index < -0.39 is 11.8 Å². The van der Waals surface area contributed by atoms with Crippen LogP contribution in [0.2, 0.25) is 0 Å². The lowest BCUT2D eigenvalue weighted by Crippen LogP contribution is -2.40. The second-order valence-corrected chi connectivity index (χ2v) is 8.63. The van der Waals surface area contributed by atoms with Crippen LogP contribution in [0.25, 0.3) is 27.5 Å². The number of phenolic OH excluding ortho intramolecular Hbond substituents is 1. The van der Waals surface area contributed by atoms with Gasteiger partial charge in [0, 0.05) is 34.1 Å². The predicted molar refractivity (Wildman–Crippen MR) is 139 cm³/mol. The zero-order valence-electron chi connectivity index (χ0n) is 19.4. The van der Waals surface area contributed by atoms with Crippen LogP contribution in [-0.2, 0) is 0 Å². The maximum Gasteiger partial charge on any atom is 0.266 e. The van der Waals surface area contributed by atoms with Crippen LogP contribution in [0.3, 0.4) is 0 Å². The highest BCUT2D eigenvalue weighted by Crippen LogP contribution is 2.41. The fourth-order valence-electron chi connectivity index (χ4n) is 4.68. The molecule has 36 heavy (non-hydrogen) atoms. The van der Waals surface area contributed by atoms with Crippen molar-refractivity contribution in [2.45, 2.75) is 6.92 Å². The number of nitrogens with zero attached hydrogens (tertiary/aromatic N) is 4. The number of aromatic hydroxyl groups is 1. The van der Waals surface area contributed by atoms with Gasteiger partial charge in [0.1, 0.15) is 16.7 Å². The first-order valence-corrected chi connectivity index (χ1v) is 11.4. The number of carbonyl (C=O) groups is 2. The van der Waals surface area contributed by atoms with Crippen molar-refractivity contribution >= 4 is 45.0 Å². The quantitative estimate of drug-likeness (QED) is 0.275. The molecule has 0 atom stereocenters. The topological polar surface area (TPSA) is 100 Å². The summed E-state index contributed by atoms with van der Waals surface area (Å²) in [5.41, 5.74) is 3.98. The number of fused-ring (bicyclic) bond motifs is 1. The summed E-state index contributed by atoms with van der Waals surface area (Å²) in [7, 11) is 0. The molecule has 1 aliphatic rings. The molecule has 0 saturated carbocycles. The van der Waals surface area contributed by atoms with Crippen LogP contribution < -0.4 is 10.2 Å². The van der Waals surface area contributed by atoms with E-state index in [1.54, 1.807) is 36.4 Å². The third kappa shape index (κ3) is 3.15. The summed E-state index contributed by atoms with van der Waals surface area (Å²) in [6.45, 7) is 6.10. The molecule has 176 valence electrons. The van der Waals surface area contributed by atoms with Crippen molar-refractivity contribution < 1.29 is 14.7 Å². The lowest BCUT2D eigenvalue weighted by Gasteiger charge is -2.29. The van der Waals surface area contributed by atoms with E-state index in [0.29, 0.717) is 34.1 Å². The van der Waals surface area contributed by atoms with Gasteiger partial charge in [-0.15, -0.1) is 21.6 Å². The number of aryl methyl sites for hydroxylation is 1. The Morgan fingerprint density at radius 1 is 0.917 bits per heavy atom. The lowest BCUT2D eigenvalue weighted by atomic mass is 9.92. The Kier molecular flexibility index (Phi) is 4.82. The predicted octanol–water partition coefficient (Wildman–Crippen LogP) is 4.99. The summed E-state index contributed by atoms with van der Waals surface area (Å²) < 4.78 is 0. The summed E-state index contributed by atoms with van der Waals surface area (Å²) in [4.78, 5) is 29.8. The fraction of sp³-hybridized carbons (Fsp3) is 0.0714. The number of hydrogen-bond donors (Lipinski definition) is 2. The maximum absolute atomic E-state index is 13.7. The highest BCUT2D eigenvalue weighted by molar-refractivity contribution is 6.36. The van der Waals surface area contributed by atoms with E-state index in [2.05, 4.69) is 22.1 Å². The Balaban J connectivity index is 1.51. The Hall–Kier alpha value is -4.98. The number of hydrogen-bond acceptors (Lipinski definition) is 6. The third-order valence-corrected chi connectivity index (χ3v) is 6.30. The van der Waals surface area contributed by atoms with Crippen LogP contribution in [0, 0.1) is 6.92 Å². The molecule has 2 amide bonds. The maximum atomic E-state index is 13.7. The fourth-order valence-corrected chi connectivity index (χ4v) is 4.68. The molecule has 5 aromatic rings. The van der Waals surface area contributed by atoms with Crippen molar-refractivity contribution in [1.82, 2.24) is 15.0 Å². The molecule has 0 bridgehead atoms. The van der Waals surface area contributed by atoms with Gasteiger partial charge >= 0.3 is 0 Å². The van der Waals surface area contributed by atoms with Crippen molar-refractivity contribution in [3.05, 3.63) is 96.1 Å². The number of nitrogens with one attached hydrogen (secondary N) is 1. The van der Waals surface area contributed by atoms with E-state index in [9.17, 15) is 14.7 Å². The van der Waals surface area contributed by atoms with E-state index >= 15 is 0 Å². The van der Waals surface area contributed by atoms with E-state index in [1.165, 1.54) is 4.80 Å². The molecular weight excluding hydrogens is 454 g/mol. The second kappa shape index (κ2) is 8.06. The van der Waals surface area contributed by atoms with Crippen LogP contribution in [0.5, 0.6) is 5.75 Å². The number of imide groups is 1. The zero-order valence-corrected chi connectivity index (χ0v) is 19.4. The summed E-state index contributed by atoms with van der Waals surface area (Å²) in [5, 5.41) is 24.8. The van der Waals surface area contributed by atoms with Crippen molar-refractivity contribution in [2.75, 3.05) is 16.8 Å². The Morgan fingerprint density at radius 3 is 2.28 bits per heavy atom. The summed E-state index contributed by atoms with van der Waals surface area (Å²) in [6.07, 6.45) is 1.74. The average molecular weight is 476 g/mol. The zero-order chi connectivity index (χ0) is 25.0. The molecule has 2 N–H and O–H groups in total. The number of carbonyl (C=O) groups excluding carboxylic acids is 2. The molecule has 0 aliphatic carbocycles. The normalized spacial score (nSPS) is 13.0. The largest absolute Gasteiger partial charge is 0.504 e.